The van der Waals surface area contributed by atoms with Crippen molar-refractivity contribution in [2.45, 2.75) is 24.8 Å². The summed E-state index contributed by atoms with van der Waals surface area (Å²) in [5.74, 6) is 0.185. The molecule has 0 aromatic carbocycles. The topological polar surface area (TPSA) is 37.4 Å². The Balaban J connectivity index is 1.69. The van der Waals surface area contributed by atoms with Gasteiger partial charge in [0.1, 0.15) is 0 Å². The van der Waals surface area contributed by atoms with Gasteiger partial charge in [-0.15, -0.1) is 0 Å². The third-order valence-corrected chi connectivity index (χ3v) is 4.23. The minimum absolute atomic E-state index is 0.185. The molecule has 108 valence electrons. The molecule has 0 radical (unpaired) electrons. The number of pyridine rings is 1. The van der Waals surface area contributed by atoms with Crippen LogP contribution in [0.25, 0.3) is 0 Å². The SMILES string of the molecule is S=C(NC1CC1)C(CN1CCOCC1)c1ccccn1. The fraction of sp³-hybridized carbons (Fsp3) is 0.600. The van der Waals surface area contributed by atoms with E-state index >= 15 is 0 Å². The maximum atomic E-state index is 5.63. The molecule has 4 nitrogen and oxygen atoms in total. The van der Waals surface area contributed by atoms with E-state index in [1.54, 1.807) is 0 Å². The highest BCUT2D eigenvalue weighted by Crippen LogP contribution is 2.23. The van der Waals surface area contributed by atoms with Gasteiger partial charge < -0.3 is 10.1 Å². The largest absolute Gasteiger partial charge is 0.379 e. The van der Waals surface area contributed by atoms with Gasteiger partial charge in [0.25, 0.3) is 0 Å². The normalized spacial score (nSPS) is 21.4. The number of ether oxygens (including phenoxy) is 1. The lowest BCUT2D eigenvalue weighted by Gasteiger charge is -2.30. The van der Waals surface area contributed by atoms with Gasteiger partial charge in [-0.1, -0.05) is 18.3 Å². The quantitative estimate of drug-likeness (QED) is 0.834. The summed E-state index contributed by atoms with van der Waals surface area (Å²) in [6, 6.07) is 6.66. The van der Waals surface area contributed by atoms with Crippen molar-refractivity contribution in [3.05, 3.63) is 30.1 Å². The molecule has 1 saturated carbocycles. The molecule has 1 saturated heterocycles. The van der Waals surface area contributed by atoms with Crippen LogP contribution in [0.1, 0.15) is 24.5 Å². The van der Waals surface area contributed by atoms with Crippen molar-refractivity contribution < 1.29 is 4.74 Å². The maximum absolute atomic E-state index is 5.63. The number of aromatic nitrogens is 1. The lowest BCUT2D eigenvalue weighted by Crippen LogP contribution is -2.42. The number of rotatable bonds is 5. The molecule has 1 N–H and O–H groups in total. The fourth-order valence-corrected chi connectivity index (χ4v) is 2.83. The summed E-state index contributed by atoms with van der Waals surface area (Å²) in [5, 5.41) is 3.48. The Hall–Kier alpha value is -1.04. The standard InChI is InChI=1S/C15H21N3OS/c20-15(17-12-4-5-12)13(14-3-1-2-6-16-14)11-18-7-9-19-10-8-18/h1-3,6,12-13H,4-5,7-11H2,(H,17,20). The first-order valence-electron chi connectivity index (χ1n) is 7.34. The molecule has 1 aromatic heterocycles. The molecule has 3 rings (SSSR count). The Bertz CT molecular complexity index is 444. The molecule has 0 bridgehead atoms. The molecule has 0 amide bonds. The first-order chi connectivity index (χ1) is 9.83. The van der Waals surface area contributed by atoms with Gasteiger partial charge in [-0.25, -0.2) is 0 Å². The molecular formula is C15H21N3OS. The Labute approximate surface area is 125 Å². The highest BCUT2D eigenvalue weighted by atomic mass is 32.1. The summed E-state index contributed by atoms with van der Waals surface area (Å²) >= 11 is 5.63. The second-order valence-corrected chi connectivity index (χ2v) is 5.94. The molecule has 1 aliphatic heterocycles. The number of nitrogens with one attached hydrogen (secondary N) is 1. The second kappa shape index (κ2) is 6.61. The summed E-state index contributed by atoms with van der Waals surface area (Å²) in [6.45, 7) is 4.53. The van der Waals surface area contributed by atoms with Crippen LogP contribution in [0.2, 0.25) is 0 Å². The number of hydrogen-bond acceptors (Lipinski definition) is 4. The number of nitrogens with zero attached hydrogens (tertiary/aromatic N) is 2. The third-order valence-electron chi connectivity index (χ3n) is 3.83. The van der Waals surface area contributed by atoms with Gasteiger partial charge in [-0.05, 0) is 25.0 Å². The Morgan fingerprint density at radius 3 is 2.85 bits per heavy atom. The van der Waals surface area contributed by atoms with Gasteiger partial charge in [-0.3, -0.25) is 9.88 Å². The van der Waals surface area contributed by atoms with E-state index < -0.39 is 0 Å². The van der Waals surface area contributed by atoms with Crippen LogP contribution in [0.4, 0.5) is 0 Å². The number of morpholine rings is 1. The van der Waals surface area contributed by atoms with Gasteiger partial charge in [0.2, 0.25) is 0 Å². The first-order valence-corrected chi connectivity index (χ1v) is 7.75. The van der Waals surface area contributed by atoms with Crippen molar-refractivity contribution in [1.82, 2.24) is 15.2 Å². The van der Waals surface area contributed by atoms with Crippen LogP contribution in [0.5, 0.6) is 0 Å². The average Bonchev–Trinajstić information content (AvgIpc) is 3.30. The average molecular weight is 291 g/mol. The minimum atomic E-state index is 0.185. The zero-order valence-corrected chi connectivity index (χ0v) is 12.4. The second-order valence-electron chi connectivity index (χ2n) is 5.50. The van der Waals surface area contributed by atoms with Gasteiger partial charge in [0.15, 0.2) is 0 Å². The molecule has 2 aliphatic rings. The monoisotopic (exact) mass is 291 g/mol. The van der Waals surface area contributed by atoms with E-state index in [0.717, 1.165) is 43.5 Å². The van der Waals surface area contributed by atoms with E-state index in [-0.39, 0.29) is 5.92 Å². The van der Waals surface area contributed by atoms with Gasteiger partial charge in [0, 0.05) is 31.9 Å². The third kappa shape index (κ3) is 3.75. The summed E-state index contributed by atoms with van der Waals surface area (Å²) < 4.78 is 5.42. The van der Waals surface area contributed by atoms with E-state index in [0.29, 0.717) is 6.04 Å². The number of thiocarbonyl (C=S) groups is 1. The highest BCUT2D eigenvalue weighted by molar-refractivity contribution is 7.80. The summed E-state index contributed by atoms with van der Waals surface area (Å²) in [4.78, 5) is 7.87. The van der Waals surface area contributed by atoms with Crippen molar-refractivity contribution in [3.63, 3.8) is 0 Å². The predicted octanol–water partition coefficient (Wildman–Crippen LogP) is 1.58. The fourth-order valence-electron chi connectivity index (χ4n) is 2.46. The summed E-state index contributed by atoms with van der Waals surface area (Å²) in [7, 11) is 0. The van der Waals surface area contributed by atoms with Gasteiger partial charge in [0.05, 0.1) is 29.8 Å². The Morgan fingerprint density at radius 2 is 2.20 bits per heavy atom. The van der Waals surface area contributed by atoms with Crippen molar-refractivity contribution in [1.29, 1.82) is 0 Å². The zero-order chi connectivity index (χ0) is 13.8. The maximum Gasteiger partial charge on any atom is 0.0860 e. The molecule has 2 heterocycles. The predicted molar refractivity (Wildman–Crippen MR) is 83.0 cm³/mol. The Morgan fingerprint density at radius 1 is 1.40 bits per heavy atom. The van der Waals surface area contributed by atoms with Crippen LogP contribution in [0.15, 0.2) is 24.4 Å². The first kappa shape index (κ1) is 13.9. The molecule has 1 aromatic rings. The van der Waals surface area contributed by atoms with Gasteiger partial charge in [-0.2, -0.15) is 0 Å². The van der Waals surface area contributed by atoms with Crippen molar-refractivity contribution in [2.24, 2.45) is 0 Å². The molecule has 0 spiro atoms. The smallest absolute Gasteiger partial charge is 0.0860 e. The lowest BCUT2D eigenvalue weighted by molar-refractivity contribution is 0.0372. The van der Waals surface area contributed by atoms with E-state index in [4.69, 9.17) is 17.0 Å². The van der Waals surface area contributed by atoms with Crippen LogP contribution < -0.4 is 5.32 Å². The van der Waals surface area contributed by atoms with Gasteiger partial charge >= 0.3 is 0 Å². The van der Waals surface area contributed by atoms with Crippen molar-refractivity contribution >= 4 is 17.2 Å². The molecule has 5 heteroatoms. The molecule has 1 unspecified atom stereocenters. The molecule has 20 heavy (non-hydrogen) atoms. The van der Waals surface area contributed by atoms with E-state index in [2.05, 4.69) is 21.3 Å². The molecule has 2 fully saturated rings. The minimum Gasteiger partial charge on any atom is -0.379 e. The Kier molecular flexibility index (Phi) is 4.60. The van der Waals surface area contributed by atoms with Crippen molar-refractivity contribution in [2.75, 3.05) is 32.8 Å². The number of hydrogen-bond donors (Lipinski definition) is 1. The van der Waals surface area contributed by atoms with E-state index in [1.165, 1.54) is 12.8 Å². The molecule has 1 aliphatic carbocycles. The van der Waals surface area contributed by atoms with E-state index in [1.807, 2.05) is 18.3 Å². The lowest BCUT2D eigenvalue weighted by atomic mass is 10.0. The summed E-state index contributed by atoms with van der Waals surface area (Å²) in [5.41, 5.74) is 1.07. The van der Waals surface area contributed by atoms with Crippen LogP contribution >= 0.6 is 12.2 Å². The van der Waals surface area contributed by atoms with Crippen LogP contribution in [-0.4, -0.2) is 53.8 Å². The van der Waals surface area contributed by atoms with Crippen LogP contribution in [0, 0.1) is 0 Å². The van der Waals surface area contributed by atoms with E-state index in [9.17, 15) is 0 Å². The highest BCUT2D eigenvalue weighted by Gasteiger charge is 2.28. The van der Waals surface area contributed by atoms with Crippen molar-refractivity contribution in [3.8, 4) is 0 Å². The molecular weight excluding hydrogens is 270 g/mol. The zero-order valence-electron chi connectivity index (χ0n) is 11.6. The molecule has 1 atom stereocenters. The van der Waals surface area contributed by atoms with Crippen LogP contribution in [-0.2, 0) is 4.74 Å². The summed E-state index contributed by atoms with van der Waals surface area (Å²) in [6.07, 6.45) is 4.33. The van der Waals surface area contributed by atoms with Crippen LogP contribution in [0.3, 0.4) is 0 Å².